The summed E-state index contributed by atoms with van der Waals surface area (Å²) in [6, 6.07) is -0.346. The Morgan fingerprint density at radius 3 is 2.44 bits per heavy atom. The fraction of sp³-hybridized carbons (Fsp3) is 0.833. The molecule has 0 bridgehead atoms. The number of urea groups is 1. The molecule has 0 atom stereocenters. The molecule has 1 spiro atoms. The van der Waals surface area contributed by atoms with Crippen molar-refractivity contribution in [2.24, 2.45) is 0 Å². The standard InChI is InChI=1S/C12H22N4O2/c1-15(2)6-3-7-16-8-4-12(5-9-16)10(17)13-11(18)14-12/h3-9H2,1-2H3,(H2,13,14,17,18). The van der Waals surface area contributed by atoms with Gasteiger partial charge in [0.25, 0.3) is 5.91 Å². The summed E-state index contributed by atoms with van der Waals surface area (Å²) in [4.78, 5) is 27.5. The second-order valence-corrected chi connectivity index (χ2v) is 5.49. The first-order valence-corrected chi connectivity index (χ1v) is 6.52. The molecule has 2 aliphatic heterocycles. The molecule has 2 heterocycles. The third kappa shape index (κ3) is 2.81. The Bertz CT molecular complexity index is 335. The molecule has 0 unspecified atom stereocenters. The van der Waals surface area contributed by atoms with Crippen molar-refractivity contribution >= 4 is 11.9 Å². The van der Waals surface area contributed by atoms with Crippen LogP contribution in [0.1, 0.15) is 19.3 Å². The number of piperidine rings is 1. The van der Waals surface area contributed by atoms with Crippen LogP contribution >= 0.6 is 0 Å². The molecule has 102 valence electrons. The third-order valence-corrected chi connectivity index (χ3v) is 3.80. The zero-order chi connectivity index (χ0) is 13.2. The van der Waals surface area contributed by atoms with E-state index in [2.05, 4.69) is 34.5 Å². The van der Waals surface area contributed by atoms with E-state index in [1.54, 1.807) is 0 Å². The van der Waals surface area contributed by atoms with Gasteiger partial charge < -0.3 is 15.1 Å². The second-order valence-electron chi connectivity index (χ2n) is 5.49. The van der Waals surface area contributed by atoms with Gasteiger partial charge in [-0.3, -0.25) is 10.1 Å². The van der Waals surface area contributed by atoms with Crippen molar-refractivity contribution in [2.75, 3.05) is 40.3 Å². The highest BCUT2D eigenvalue weighted by Gasteiger charge is 2.47. The van der Waals surface area contributed by atoms with Crippen LogP contribution in [0.25, 0.3) is 0 Å². The van der Waals surface area contributed by atoms with E-state index in [1.807, 2.05) is 0 Å². The van der Waals surface area contributed by atoms with E-state index < -0.39 is 5.54 Å². The van der Waals surface area contributed by atoms with Crippen LogP contribution in [0.2, 0.25) is 0 Å². The molecule has 0 radical (unpaired) electrons. The van der Waals surface area contributed by atoms with Gasteiger partial charge in [0.15, 0.2) is 0 Å². The van der Waals surface area contributed by atoms with Crippen LogP contribution in [0.4, 0.5) is 4.79 Å². The molecule has 6 nitrogen and oxygen atoms in total. The Labute approximate surface area is 108 Å². The van der Waals surface area contributed by atoms with Crippen LogP contribution in [0.3, 0.4) is 0 Å². The quantitative estimate of drug-likeness (QED) is 0.671. The average Bonchev–Trinajstić information content (AvgIpc) is 2.56. The second kappa shape index (κ2) is 5.24. The predicted molar refractivity (Wildman–Crippen MR) is 68.3 cm³/mol. The maximum atomic E-state index is 11.8. The monoisotopic (exact) mass is 254 g/mol. The zero-order valence-electron chi connectivity index (χ0n) is 11.2. The third-order valence-electron chi connectivity index (χ3n) is 3.80. The molecule has 2 rings (SSSR count). The first kappa shape index (κ1) is 13.3. The molecule has 0 aromatic rings. The first-order valence-electron chi connectivity index (χ1n) is 6.52. The Morgan fingerprint density at radius 1 is 1.28 bits per heavy atom. The molecule has 2 aliphatic rings. The number of nitrogens with zero attached hydrogens (tertiary/aromatic N) is 2. The van der Waals surface area contributed by atoms with Crippen molar-refractivity contribution in [3.8, 4) is 0 Å². The number of amides is 3. The van der Waals surface area contributed by atoms with Gasteiger partial charge in [-0.15, -0.1) is 0 Å². The van der Waals surface area contributed by atoms with E-state index in [9.17, 15) is 9.59 Å². The Balaban J connectivity index is 1.78. The van der Waals surface area contributed by atoms with E-state index in [-0.39, 0.29) is 11.9 Å². The largest absolute Gasteiger partial charge is 0.323 e. The van der Waals surface area contributed by atoms with Gasteiger partial charge in [0, 0.05) is 13.1 Å². The van der Waals surface area contributed by atoms with Crippen molar-refractivity contribution < 1.29 is 9.59 Å². The summed E-state index contributed by atoms with van der Waals surface area (Å²) < 4.78 is 0. The lowest BCUT2D eigenvalue weighted by Gasteiger charge is -2.37. The first-order chi connectivity index (χ1) is 8.52. The van der Waals surface area contributed by atoms with Crippen LogP contribution in [0.5, 0.6) is 0 Å². The number of hydrogen-bond acceptors (Lipinski definition) is 4. The molecular weight excluding hydrogens is 232 g/mol. The molecule has 6 heteroatoms. The zero-order valence-corrected chi connectivity index (χ0v) is 11.2. The number of hydrogen-bond donors (Lipinski definition) is 2. The lowest BCUT2D eigenvalue weighted by atomic mass is 9.87. The van der Waals surface area contributed by atoms with Crippen LogP contribution in [-0.2, 0) is 4.79 Å². The minimum Gasteiger partial charge on any atom is -0.323 e. The van der Waals surface area contributed by atoms with Crippen LogP contribution in [-0.4, -0.2) is 67.6 Å². The molecule has 0 aromatic heterocycles. The van der Waals surface area contributed by atoms with E-state index in [0.29, 0.717) is 12.8 Å². The molecule has 18 heavy (non-hydrogen) atoms. The predicted octanol–water partition coefficient (Wildman–Crippen LogP) is -0.388. The van der Waals surface area contributed by atoms with Crippen LogP contribution < -0.4 is 10.6 Å². The Hall–Kier alpha value is -1.14. The van der Waals surface area contributed by atoms with Crippen LogP contribution in [0.15, 0.2) is 0 Å². The van der Waals surface area contributed by atoms with Gasteiger partial charge in [-0.05, 0) is 46.4 Å². The van der Waals surface area contributed by atoms with E-state index in [1.165, 1.54) is 0 Å². The Morgan fingerprint density at radius 2 is 1.94 bits per heavy atom. The minimum atomic E-state index is -0.630. The summed E-state index contributed by atoms with van der Waals surface area (Å²) in [7, 11) is 4.15. The lowest BCUT2D eigenvalue weighted by molar-refractivity contribution is -0.125. The molecule has 0 aliphatic carbocycles. The van der Waals surface area contributed by atoms with Crippen molar-refractivity contribution in [3.05, 3.63) is 0 Å². The Kier molecular flexibility index (Phi) is 3.87. The summed E-state index contributed by atoms with van der Waals surface area (Å²) in [5.74, 6) is -0.152. The maximum Gasteiger partial charge on any atom is 0.322 e. The van der Waals surface area contributed by atoms with Gasteiger partial charge in [0.2, 0.25) is 0 Å². The summed E-state index contributed by atoms with van der Waals surface area (Å²) in [5, 5.41) is 5.12. The topological polar surface area (TPSA) is 64.7 Å². The number of carbonyl (C=O) groups excluding carboxylic acids is 2. The van der Waals surface area contributed by atoms with E-state index in [4.69, 9.17) is 0 Å². The van der Waals surface area contributed by atoms with Gasteiger partial charge in [0.1, 0.15) is 5.54 Å². The lowest BCUT2D eigenvalue weighted by Crippen LogP contribution is -2.54. The van der Waals surface area contributed by atoms with Gasteiger partial charge in [-0.2, -0.15) is 0 Å². The van der Waals surface area contributed by atoms with E-state index >= 15 is 0 Å². The summed E-state index contributed by atoms with van der Waals surface area (Å²) in [6.45, 7) is 3.89. The van der Waals surface area contributed by atoms with Crippen molar-refractivity contribution in [1.29, 1.82) is 0 Å². The number of imide groups is 1. The average molecular weight is 254 g/mol. The minimum absolute atomic E-state index is 0.152. The van der Waals surface area contributed by atoms with E-state index in [0.717, 1.165) is 32.6 Å². The SMILES string of the molecule is CN(C)CCCN1CCC2(CC1)NC(=O)NC2=O. The highest BCUT2D eigenvalue weighted by molar-refractivity contribution is 6.07. The molecule has 3 amide bonds. The molecular formula is C12H22N4O2. The molecule has 2 N–H and O–H groups in total. The fourth-order valence-electron chi connectivity index (χ4n) is 2.65. The molecule has 2 saturated heterocycles. The normalized spacial score (nSPS) is 23.5. The van der Waals surface area contributed by atoms with Gasteiger partial charge >= 0.3 is 6.03 Å². The number of likely N-dealkylation sites (tertiary alicyclic amines) is 1. The van der Waals surface area contributed by atoms with Crippen molar-refractivity contribution in [1.82, 2.24) is 20.4 Å². The highest BCUT2D eigenvalue weighted by Crippen LogP contribution is 2.25. The number of rotatable bonds is 4. The molecule has 0 saturated carbocycles. The number of carbonyl (C=O) groups is 2. The summed E-state index contributed by atoms with van der Waals surface area (Å²) in [6.07, 6.45) is 2.57. The molecule has 2 fully saturated rings. The number of nitrogens with one attached hydrogen (secondary N) is 2. The fourth-order valence-corrected chi connectivity index (χ4v) is 2.65. The maximum absolute atomic E-state index is 11.8. The van der Waals surface area contributed by atoms with Gasteiger partial charge in [-0.25, -0.2) is 4.79 Å². The smallest absolute Gasteiger partial charge is 0.322 e. The summed E-state index contributed by atoms with van der Waals surface area (Å²) in [5.41, 5.74) is -0.630. The highest BCUT2D eigenvalue weighted by atomic mass is 16.2. The molecule has 0 aromatic carbocycles. The van der Waals surface area contributed by atoms with Crippen molar-refractivity contribution in [2.45, 2.75) is 24.8 Å². The summed E-state index contributed by atoms with van der Waals surface area (Å²) >= 11 is 0. The van der Waals surface area contributed by atoms with Gasteiger partial charge in [-0.1, -0.05) is 0 Å². The van der Waals surface area contributed by atoms with Crippen molar-refractivity contribution in [3.63, 3.8) is 0 Å². The van der Waals surface area contributed by atoms with Gasteiger partial charge in [0.05, 0.1) is 0 Å². The van der Waals surface area contributed by atoms with Crippen LogP contribution in [0, 0.1) is 0 Å².